The molecule has 0 aromatic carbocycles. The third-order valence-corrected chi connectivity index (χ3v) is 4.09. The van der Waals surface area contributed by atoms with Crippen molar-refractivity contribution in [1.82, 2.24) is 20.5 Å². The monoisotopic (exact) mass is 348 g/mol. The van der Waals surface area contributed by atoms with E-state index < -0.39 is 6.03 Å². The van der Waals surface area contributed by atoms with E-state index in [0.29, 0.717) is 10.9 Å². The quantitative estimate of drug-likeness (QED) is 0.743. The molecule has 0 bridgehead atoms. The van der Waals surface area contributed by atoms with E-state index in [2.05, 4.69) is 31.1 Å². The lowest BCUT2D eigenvalue weighted by Gasteiger charge is -2.06. The number of urea groups is 1. The molecule has 0 unspecified atom stereocenters. The lowest BCUT2D eigenvalue weighted by Crippen LogP contribution is -2.31. The highest BCUT2D eigenvalue weighted by molar-refractivity contribution is 7.15. The zero-order valence-corrected chi connectivity index (χ0v) is 14.6. The highest BCUT2D eigenvalue weighted by Crippen LogP contribution is 2.22. The van der Waals surface area contributed by atoms with Gasteiger partial charge in [-0.2, -0.15) is 0 Å². The molecule has 3 N–H and O–H groups in total. The van der Waals surface area contributed by atoms with E-state index in [1.54, 1.807) is 6.07 Å². The zero-order valence-electron chi connectivity index (χ0n) is 13.8. The Labute approximate surface area is 144 Å². The van der Waals surface area contributed by atoms with E-state index in [-0.39, 0.29) is 24.8 Å². The number of carbonyl (C=O) groups is 2. The maximum Gasteiger partial charge on any atom is 0.321 e. The van der Waals surface area contributed by atoms with Gasteiger partial charge in [-0.15, -0.1) is 10.2 Å². The van der Waals surface area contributed by atoms with Crippen molar-refractivity contribution in [1.29, 1.82) is 0 Å². The number of rotatable bonds is 6. The average Bonchev–Trinajstić information content (AvgIpc) is 2.96. The summed E-state index contributed by atoms with van der Waals surface area (Å²) in [5, 5.41) is 17.1. The van der Waals surface area contributed by atoms with Gasteiger partial charge < -0.3 is 10.6 Å². The molecule has 0 saturated heterocycles. The second kappa shape index (κ2) is 8.34. The van der Waals surface area contributed by atoms with Crippen LogP contribution in [0.1, 0.15) is 36.9 Å². The van der Waals surface area contributed by atoms with Crippen molar-refractivity contribution in [2.75, 3.05) is 17.2 Å². The number of hydrogen-bond acceptors (Lipinski definition) is 6. The van der Waals surface area contributed by atoms with E-state index in [1.165, 1.54) is 11.3 Å². The smallest absolute Gasteiger partial charge is 0.321 e. The molecule has 128 valence electrons. The Hall–Kier alpha value is -2.55. The van der Waals surface area contributed by atoms with E-state index in [9.17, 15) is 9.59 Å². The van der Waals surface area contributed by atoms with Gasteiger partial charge in [-0.3, -0.25) is 10.1 Å². The number of anilines is 2. The van der Waals surface area contributed by atoms with Gasteiger partial charge in [0.15, 0.2) is 0 Å². The van der Waals surface area contributed by atoms with Crippen molar-refractivity contribution < 1.29 is 9.59 Å². The van der Waals surface area contributed by atoms with Crippen molar-refractivity contribution in [2.45, 2.75) is 33.1 Å². The molecule has 0 saturated carbocycles. The maximum absolute atomic E-state index is 11.8. The van der Waals surface area contributed by atoms with Crippen molar-refractivity contribution in [2.24, 2.45) is 0 Å². The van der Waals surface area contributed by atoms with Crippen molar-refractivity contribution in [3.05, 3.63) is 28.9 Å². The largest absolute Gasteiger partial charge is 0.337 e. The number of pyridine rings is 1. The molecule has 9 heteroatoms. The fourth-order valence-electron chi connectivity index (χ4n) is 1.77. The first-order chi connectivity index (χ1) is 11.4. The van der Waals surface area contributed by atoms with Crippen LogP contribution in [0.5, 0.6) is 0 Å². The Kier molecular flexibility index (Phi) is 6.19. The van der Waals surface area contributed by atoms with Gasteiger partial charge in [-0.1, -0.05) is 31.3 Å². The molecule has 2 heterocycles. The highest BCUT2D eigenvalue weighted by Gasteiger charge is 2.10. The number of aryl methyl sites for hydroxylation is 1. The Balaban J connectivity index is 1.70. The third kappa shape index (κ3) is 5.58. The van der Waals surface area contributed by atoms with E-state index in [4.69, 9.17) is 0 Å². The lowest BCUT2D eigenvalue weighted by molar-refractivity contribution is -0.116. The van der Waals surface area contributed by atoms with E-state index in [0.717, 1.165) is 10.7 Å². The number of amides is 3. The standard InChI is InChI=1S/C15H20N6O2S/c1-9(2)13-20-21-15(24-13)19-14(23)16-8-7-12(22)18-11-6-4-5-10(3)17-11/h4-6,9H,7-8H2,1-3H3,(H,17,18,22)(H2,16,19,21,23). The Morgan fingerprint density at radius 3 is 2.67 bits per heavy atom. The van der Waals surface area contributed by atoms with Gasteiger partial charge >= 0.3 is 6.03 Å². The second-order valence-corrected chi connectivity index (χ2v) is 6.45. The van der Waals surface area contributed by atoms with Gasteiger partial charge in [-0.05, 0) is 19.1 Å². The van der Waals surface area contributed by atoms with Crippen LogP contribution in [0.15, 0.2) is 18.2 Å². The molecule has 24 heavy (non-hydrogen) atoms. The molecule has 8 nitrogen and oxygen atoms in total. The Morgan fingerprint density at radius 2 is 2.00 bits per heavy atom. The maximum atomic E-state index is 11.8. The second-order valence-electron chi connectivity index (χ2n) is 5.44. The molecule has 0 fully saturated rings. The summed E-state index contributed by atoms with van der Waals surface area (Å²) in [6.45, 7) is 6.07. The lowest BCUT2D eigenvalue weighted by atomic mass is 10.2. The van der Waals surface area contributed by atoms with Crippen LogP contribution >= 0.6 is 11.3 Å². The summed E-state index contributed by atoms with van der Waals surface area (Å²) in [5.41, 5.74) is 0.822. The topological polar surface area (TPSA) is 109 Å². The summed E-state index contributed by atoms with van der Waals surface area (Å²) in [6, 6.07) is 4.96. The molecule has 0 atom stereocenters. The molecule has 0 aliphatic carbocycles. The van der Waals surface area contributed by atoms with Crippen LogP contribution in [-0.4, -0.2) is 33.7 Å². The first-order valence-electron chi connectivity index (χ1n) is 7.56. The fraction of sp³-hybridized carbons (Fsp3) is 0.400. The summed E-state index contributed by atoms with van der Waals surface area (Å²) < 4.78 is 0. The van der Waals surface area contributed by atoms with E-state index in [1.807, 2.05) is 32.9 Å². The van der Waals surface area contributed by atoms with Crippen molar-refractivity contribution in [3.63, 3.8) is 0 Å². The van der Waals surface area contributed by atoms with Crippen LogP contribution in [0.2, 0.25) is 0 Å². The van der Waals surface area contributed by atoms with Crippen LogP contribution in [-0.2, 0) is 4.79 Å². The van der Waals surface area contributed by atoms with Crippen LogP contribution in [0.25, 0.3) is 0 Å². The van der Waals surface area contributed by atoms with Gasteiger partial charge in [0.05, 0.1) is 0 Å². The molecule has 0 aliphatic rings. The molecule has 0 aliphatic heterocycles. The molecule has 2 aromatic rings. The molecule has 0 spiro atoms. The summed E-state index contributed by atoms with van der Waals surface area (Å²) in [7, 11) is 0. The predicted octanol–water partition coefficient (Wildman–Crippen LogP) is 2.52. The van der Waals surface area contributed by atoms with Gasteiger partial charge in [0, 0.05) is 24.6 Å². The van der Waals surface area contributed by atoms with E-state index >= 15 is 0 Å². The molecule has 2 aromatic heterocycles. The molecular weight excluding hydrogens is 328 g/mol. The van der Waals surface area contributed by atoms with Gasteiger partial charge in [-0.25, -0.2) is 9.78 Å². The predicted molar refractivity (Wildman–Crippen MR) is 93.2 cm³/mol. The normalized spacial score (nSPS) is 10.5. The third-order valence-electron chi connectivity index (χ3n) is 2.95. The van der Waals surface area contributed by atoms with Crippen molar-refractivity contribution >= 4 is 34.2 Å². The number of hydrogen-bond donors (Lipinski definition) is 3. The molecule has 2 rings (SSSR count). The number of nitrogens with one attached hydrogen (secondary N) is 3. The minimum atomic E-state index is -0.414. The minimum Gasteiger partial charge on any atom is -0.337 e. The van der Waals surface area contributed by atoms with Crippen LogP contribution in [0.3, 0.4) is 0 Å². The average molecular weight is 348 g/mol. The summed E-state index contributed by atoms with van der Waals surface area (Å²) in [6.07, 6.45) is 0.149. The number of aromatic nitrogens is 3. The SMILES string of the molecule is Cc1cccc(NC(=O)CCNC(=O)Nc2nnc(C(C)C)s2)n1. The van der Waals surface area contributed by atoms with Gasteiger partial charge in [0.25, 0.3) is 0 Å². The fourth-order valence-corrected chi connectivity index (χ4v) is 2.51. The van der Waals surface area contributed by atoms with Crippen LogP contribution in [0.4, 0.5) is 15.7 Å². The minimum absolute atomic E-state index is 0.149. The number of nitrogens with zero attached hydrogens (tertiary/aromatic N) is 3. The van der Waals surface area contributed by atoms with Gasteiger partial charge in [0.1, 0.15) is 10.8 Å². The Morgan fingerprint density at radius 1 is 1.21 bits per heavy atom. The first kappa shape index (κ1) is 17.8. The Bertz CT molecular complexity index is 715. The highest BCUT2D eigenvalue weighted by atomic mass is 32.1. The molecular formula is C15H20N6O2S. The number of carbonyl (C=O) groups excluding carboxylic acids is 2. The first-order valence-corrected chi connectivity index (χ1v) is 8.37. The van der Waals surface area contributed by atoms with Crippen molar-refractivity contribution in [3.8, 4) is 0 Å². The van der Waals surface area contributed by atoms with Gasteiger partial charge in [0.2, 0.25) is 11.0 Å². The van der Waals surface area contributed by atoms with Crippen LogP contribution in [0, 0.1) is 6.92 Å². The molecule has 0 radical (unpaired) electrons. The van der Waals surface area contributed by atoms with Crippen LogP contribution < -0.4 is 16.0 Å². The summed E-state index contributed by atoms with van der Waals surface area (Å²) >= 11 is 1.33. The zero-order chi connectivity index (χ0) is 17.5. The molecule has 3 amide bonds. The summed E-state index contributed by atoms with van der Waals surface area (Å²) in [4.78, 5) is 27.7. The summed E-state index contributed by atoms with van der Waals surface area (Å²) in [5.74, 6) is 0.547.